The summed E-state index contributed by atoms with van der Waals surface area (Å²) in [6.45, 7) is -0.360. The van der Waals surface area contributed by atoms with Crippen molar-refractivity contribution in [3.05, 3.63) is 35.9 Å². The van der Waals surface area contributed by atoms with Gasteiger partial charge in [-0.1, -0.05) is 30.3 Å². The number of hydrogen-bond acceptors (Lipinski definition) is 2. The molecule has 0 radical (unpaired) electrons. The van der Waals surface area contributed by atoms with Crippen LogP contribution in [0.4, 0.5) is 22.0 Å². The number of hydrogen-bond donors (Lipinski definition) is 1. The van der Waals surface area contributed by atoms with Gasteiger partial charge in [0.25, 0.3) is 5.91 Å². The maximum Gasteiger partial charge on any atom is 0.463 e. The zero-order chi connectivity index (χ0) is 16.3. The van der Waals surface area contributed by atoms with E-state index in [1.54, 1.807) is 54.6 Å². The molecule has 1 aromatic rings. The SMILES string of the molecule is CN(C)C(CNC(=O)C(F)(F)C(F)(F)F)c1ccccc1. The first-order valence-corrected chi connectivity index (χ1v) is 6.01. The van der Waals surface area contributed by atoms with Crippen molar-refractivity contribution in [1.29, 1.82) is 0 Å². The lowest BCUT2D eigenvalue weighted by atomic mass is 10.1. The minimum Gasteiger partial charge on any atom is -0.349 e. The van der Waals surface area contributed by atoms with Gasteiger partial charge in [-0.05, 0) is 19.7 Å². The molecule has 1 unspecified atom stereocenters. The summed E-state index contributed by atoms with van der Waals surface area (Å²) in [5.41, 5.74) is 0.693. The Morgan fingerprint density at radius 3 is 2.10 bits per heavy atom. The third kappa shape index (κ3) is 4.13. The first-order valence-electron chi connectivity index (χ1n) is 6.01. The number of alkyl halides is 5. The van der Waals surface area contributed by atoms with Gasteiger partial charge >= 0.3 is 12.1 Å². The van der Waals surface area contributed by atoms with Crippen LogP contribution < -0.4 is 5.32 Å². The van der Waals surface area contributed by atoms with Gasteiger partial charge in [0.15, 0.2) is 0 Å². The van der Waals surface area contributed by atoms with Crippen LogP contribution in [0.1, 0.15) is 11.6 Å². The molecule has 0 aliphatic carbocycles. The van der Waals surface area contributed by atoms with Crippen LogP contribution >= 0.6 is 0 Å². The van der Waals surface area contributed by atoms with Crippen LogP contribution in [-0.2, 0) is 4.79 Å². The Hall–Kier alpha value is -1.70. The van der Waals surface area contributed by atoms with E-state index in [4.69, 9.17) is 0 Å². The Morgan fingerprint density at radius 1 is 1.14 bits per heavy atom. The van der Waals surface area contributed by atoms with Crippen LogP contribution in [0, 0.1) is 0 Å². The van der Waals surface area contributed by atoms with Crippen molar-refractivity contribution in [3.8, 4) is 0 Å². The largest absolute Gasteiger partial charge is 0.463 e. The Labute approximate surface area is 118 Å². The lowest BCUT2D eigenvalue weighted by Gasteiger charge is -2.26. The molecule has 0 aliphatic rings. The van der Waals surface area contributed by atoms with E-state index >= 15 is 0 Å². The maximum absolute atomic E-state index is 12.8. The summed E-state index contributed by atoms with van der Waals surface area (Å²) in [6, 6.07) is 8.03. The standard InChI is InChI=1S/C13H15F5N2O/c1-20(2)10(9-6-4-3-5-7-9)8-19-11(21)12(14,15)13(16,17)18/h3-7,10H,8H2,1-2H3,(H,19,21). The number of rotatable bonds is 5. The molecule has 21 heavy (non-hydrogen) atoms. The van der Waals surface area contributed by atoms with Crippen molar-refractivity contribution in [1.82, 2.24) is 10.2 Å². The van der Waals surface area contributed by atoms with Crippen LogP contribution in [0.25, 0.3) is 0 Å². The maximum atomic E-state index is 12.8. The number of benzene rings is 1. The minimum absolute atomic E-state index is 0.360. The monoisotopic (exact) mass is 310 g/mol. The van der Waals surface area contributed by atoms with E-state index in [0.717, 1.165) is 0 Å². The van der Waals surface area contributed by atoms with E-state index in [0.29, 0.717) is 5.56 Å². The quantitative estimate of drug-likeness (QED) is 0.848. The highest BCUT2D eigenvalue weighted by atomic mass is 19.4. The molecule has 1 atom stereocenters. The molecule has 0 saturated carbocycles. The molecule has 1 aromatic carbocycles. The smallest absolute Gasteiger partial charge is 0.349 e. The van der Waals surface area contributed by atoms with Gasteiger partial charge in [-0.3, -0.25) is 4.79 Å². The molecule has 3 nitrogen and oxygen atoms in total. The summed E-state index contributed by atoms with van der Waals surface area (Å²) in [5.74, 6) is -7.75. The number of likely N-dealkylation sites (N-methyl/N-ethyl adjacent to an activating group) is 1. The highest BCUT2D eigenvalue weighted by molar-refractivity contribution is 5.84. The van der Waals surface area contributed by atoms with Gasteiger partial charge in [0, 0.05) is 6.54 Å². The van der Waals surface area contributed by atoms with Crippen LogP contribution in [0.2, 0.25) is 0 Å². The van der Waals surface area contributed by atoms with E-state index in [1.807, 2.05) is 0 Å². The van der Waals surface area contributed by atoms with E-state index < -0.39 is 24.0 Å². The fourth-order valence-corrected chi connectivity index (χ4v) is 1.70. The van der Waals surface area contributed by atoms with Gasteiger partial charge in [-0.15, -0.1) is 0 Å². The van der Waals surface area contributed by atoms with Crippen molar-refractivity contribution in [2.75, 3.05) is 20.6 Å². The molecular formula is C13H15F5N2O. The van der Waals surface area contributed by atoms with Crippen molar-refractivity contribution < 1.29 is 26.7 Å². The third-order valence-corrected chi connectivity index (χ3v) is 2.90. The van der Waals surface area contributed by atoms with E-state index in [-0.39, 0.29) is 6.54 Å². The van der Waals surface area contributed by atoms with Gasteiger partial charge in [-0.25, -0.2) is 0 Å². The zero-order valence-electron chi connectivity index (χ0n) is 11.4. The molecule has 1 amide bonds. The lowest BCUT2D eigenvalue weighted by Crippen LogP contribution is -2.51. The van der Waals surface area contributed by atoms with Gasteiger partial charge in [-0.2, -0.15) is 22.0 Å². The number of halogens is 5. The zero-order valence-corrected chi connectivity index (χ0v) is 11.4. The molecule has 118 valence electrons. The molecule has 0 fully saturated rings. The summed E-state index contributed by atoms with van der Waals surface area (Å²) in [7, 11) is 3.26. The highest BCUT2D eigenvalue weighted by Gasteiger charge is 2.63. The second-order valence-electron chi connectivity index (χ2n) is 4.67. The summed E-state index contributed by atoms with van der Waals surface area (Å²) in [6.07, 6.45) is -5.91. The number of carbonyl (C=O) groups excluding carboxylic acids is 1. The average molecular weight is 310 g/mol. The topological polar surface area (TPSA) is 32.3 Å². The molecule has 0 aromatic heterocycles. The summed E-state index contributed by atoms with van der Waals surface area (Å²) >= 11 is 0. The van der Waals surface area contributed by atoms with Gasteiger partial charge < -0.3 is 10.2 Å². The molecule has 0 saturated heterocycles. The average Bonchev–Trinajstić information content (AvgIpc) is 2.38. The normalized spacial score (nSPS) is 14.1. The van der Waals surface area contributed by atoms with Crippen molar-refractivity contribution in [2.24, 2.45) is 0 Å². The second kappa shape index (κ2) is 6.38. The van der Waals surface area contributed by atoms with E-state index in [1.165, 1.54) is 0 Å². The fourth-order valence-electron chi connectivity index (χ4n) is 1.70. The first-order chi connectivity index (χ1) is 9.57. The van der Waals surface area contributed by atoms with Crippen molar-refractivity contribution >= 4 is 5.91 Å². The third-order valence-electron chi connectivity index (χ3n) is 2.90. The molecular weight excluding hydrogens is 295 g/mol. The predicted molar refractivity (Wildman–Crippen MR) is 66.9 cm³/mol. The van der Waals surface area contributed by atoms with Gasteiger partial charge in [0.1, 0.15) is 0 Å². The second-order valence-corrected chi connectivity index (χ2v) is 4.67. The molecule has 0 spiro atoms. The minimum atomic E-state index is -5.91. The summed E-state index contributed by atoms with van der Waals surface area (Å²) < 4.78 is 61.9. The number of nitrogens with zero attached hydrogens (tertiary/aromatic N) is 1. The van der Waals surface area contributed by atoms with Crippen molar-refractivity contribution in [2.45, 2.75) is 18.1 Å². The molecule has 1 N–H and O–H groups in total. The Kier molecular flexibility index (Phi) is 5.27. The molecule has 0 heterocycles. The molecule has 1 rings (SSSR count). The van der Waals surface area contributed by atoms with Gasteiger partial charge in [0.05, 0.1) is 6.04 Å². The van der Waals surface area contributed by atoms with Crippen LogP contribution in [0.5, 0.6) is 0 Å². The Bertz CT molecular complexity index is 473. The predicted octanol–water partition coefficient (Wildman–Crippen LogP) is 2.60. The van der Waals surface area contributed by atoms with E-state index in [2.05, 4.69) is 0 Å². The van der Waals surface area contributed by atoms with Crippen molar-refractivity contribution in [3.63, 3.8) is 0 Å². The summed E-state index contributed by atoms with van der Waals surface area (Å²) in [4.78, 5) is 12.7. The number of nitrogens with one attached hydrogen (secondary N) is 1. The highest BCUT2D eigenvalue weighted by Crippen LogP contribution is 2.35. The molecule has 0 bridgehead atoms. The lowest BCUT2D eigenvalue weighted by molar-refractivity contribution is -0.269. The van der Waals surface area contributed by atoms with Crippen LogP contribution in [0.3, 0.4) is 0 Å². The summed E-state index contributed by atoms with van der Waals surface area (Å²) in [5, 5.41) is 1.66. The van der Waals surface area contributed by atoms with Crippen LogP contribution in [-0.4, -0.2) is 43.5 Å². The fraction of sp³-hybridized carbons (Fsp3) is 0.462. The van der Waals surface area contributed by atoms with E-state index in [9.17, 15) is 26.7 Å². The van der Waals surface area contributed by atoms with Gasteiger partial charge in [0.2, 0.25) is 0 Å². The number of carbonyl (C=O) groups is 1. The Morgan fingerprint density at radius 2 is 1.67 bits per heavy atom. The molecule has 0 aliphatic heterocycles. The Balaban J connectivity index is 2.78. The first kappa shape index (κ1) is 17.4. The molecule has 8 heteroatoms. The number of amides is 1. The van der Waals surface area contributed by atoms with Crippen LogP contribution in [0.15, 0.2) is 30.3 Å².